The highest BCUT2D eigenvalue weighted by atomic mass is 32.1. The van der Waals surface area contributed by atoms with E-state index in [1.54, 1.807) is 11.3 Å². The second kappa shape index (κ2) is 10.2. The Kier molecular flexibility index (Phi) is 7.50. The number of piperidine rings is 1. The maximum Gasteiger partial charge on any atom is 0.407 e. The van der Waals surface area contributed by atoms with E-state index in [1.807, 2.05) is 0 Å². The van der Waals surface area contributed by atoms with Gasteiger partial charge >= 0.3 is 6.09 Å². The van der Waals surface area contributed by atoms with Crippen LogP contribution in [0, 0.1) is 11.3 Å². The SMILES string of the molecule is C[SiH](C)OC(c1c(-c2cccs2)ccc2c(CCC3CCN(C(=O)O)CC3)noc12)C(C)(C)C. The van der Waals surface area contributed by atoms with Gasteiger partial charge in [-0.25, -0.2) is 4.79 Å². The Balaban J connectivity index is 1.66. The molecule has 1 aliphatic heterocycles. The fourth-order valence-electron chi connectivity index (χ4n) is 4.89. The molecule has 1 amide bonds. The van der Waals surface area contributed by atoms with E-state index in [2.05, 4.69) is 68.7 Å². The van der Waals surface area contributed by atoms with Gasteiger partial charge < -0.3 is 19.0 Å². The largest absolute Gasteiger partial charge is 0.465 e. The van der Waals surface area contributed by atoms with Crippen LogP contribution in [0.15, 0.2) is 34.2 Å². The number of fused-ring (bicyclic) bond motifs is 1. The molecule has 2 aromatic heterocycles. The number of nitrogens with zero attached hydrogens (tertiary/aromatic N) is 2. The van der Waals surface area contributed by atoms with E-state index in [9.17, 15) is 9.90 Å². The number of likely N-dealkylation sites (tertiary alicyclic amines) is 1. The molecule has 1 N–H and O–H groups in total. The zero-order valence-corrected chi connectivity index (χ0v) is 22.8. The molecule has 34 heavy (non-hydrogen) atoms. The Morgan fingerprint density at radius 1 is 1.29 bits per heavy atom. The first-order valence-electron chi connectivity index (χ1n) is 12.2. The number of hydrogen-bond acceptors (Lipinski definition) is 5. The third-order valence-corrected chi connectivity index (χ3v) is 8.39. The minimum atomic E-state index is -1.32. The molecule has 4 rings (SSSR count). The van der Waals surface area contributed by atoms with E-state index in [0.717, 1.165) is 47.9 Å². The predicted molar refractivity (Wildman–Crippen MR) is 140 cm³/mol. The standard InChI is InChI=1S/C26H36N2O4SSi/c1-26(2,3)24(32-34(4)5)22-19(21-7-6-16-33-21)10-9-18-20(27-31-23(18)22)11-8-17-12-14-28(15-13-17)25(29)30/h6-7,9-10,16-17,24,34H,8,11-15H2,1-5H3,(H,29,30). The molecule has 1 fully saturated rings. The van der Waals surface area contributed by atoms with Gasteiger partial charge in [0.2, 0.25) is 0 Å². The van der Waals surface area contributed by atoms with Crippen LogP contribution in [0.2, 0.25) is 13.1 Å². The molecule has 1 aliphatic rings. The van der Waals surface area contributed by atoms with E-state index >= 15 is 0 Å². The first-order valence-corrected chi connectivity index (χ1v) is 15.9. The van der Waals surface area contributed by atoms with E-state index in [4.69, 9.17) is 8.95 Å². The fraction of sp³-hybridized carbons (Fsp3) is 0.538. The summed E-state index contributed by atoms with van der Waals surface area (Å²) in [7, 11) is -1.32. The van der Waals surface area contributed by atoms with Crippen molar-refractivity contribution in [3.05, 3.63) is 40.9 Å². The van der Waals surface area contributed by atoms with Crippen molar-refractivity contribution in [2.24, 2.45) is 11.3 Å². The van der Waals surface area contributed by atoms with Crippen LogP contribution in [0.3, 0.4) is 0 Å². The molecule has 184 valence electrons. The first kappa shape index (κ1) is 24.9. The van der Waals surface area contributed by atoms with Crippen LogP contribution in [0.4, 0.5) is 4.79 Å². The highest BCUT2D eigenvalue weighted by Crippen LogP contribution is 2.46. The molecule has 3 aromatic rings. The van der Waals surface area contributed by atoms with Crippen LogP contribution < -0.4 is 0 Å². The number of aromatic nitrogens is 1. The normalized spacial score (nSPS) is 16.5. The second-order valence-corrected chi connectivity index (χ2v) is 14.0. The third kappa shape index (κ3) is 5.39. The Bertz CT molecular complexity index is 1110. The van der Waals surface area contributed by atoms with Crippen molar-refractivity contribution in [3.63, 3.8) is 0 Å². The van der Waals surface area contributed by atoms with Crippen LogP contribution in [0.25, 0.3) is 21.4 Å². The Hall–Kier alpha value is -2.16. The van der Waals surface area contributed by atoms with Crippen molar-refractivity contribution >= 4 is 37.4 Å². The Morgan fingerprint density at radius 2 is 2.03 bits per heavy atom. The molecular formula is C26H36N2O4SSi. The molecule has 1 atom stereocenters. The predicted octanol–water partition coefficient (Wildman–Crippen LogP) is 6.97. The number of carboxylic acid groups (broad SMARTS) is 1. The van der Waals surface area contributed by atoms with Crippen LogP contribution in [-0.4, -0.2) is 43.4 Å². The smallest absolute Gasteiger partial charge is 0.407 e. The summed E-state index contributed by atoms with van der Waals surface area (Å²) in [6.45, 7) is 12.4. The van der Waals surface area contributed by atoms with Crippen LogP contribution >= 0.6 is 11.3 Å². The average molecular weight is 501 g/mol. The Labute approximate surface area is 207 Å². The summed E-state index contributed by atoms with van der Waals surface area (Å²) in [5.74, 6) is 0.518. The lowest BCUT2D eigenvalue weighted by Gasteiger charge is -2.34. The summed E-state index contributed by atoms with van der Waals surface area (Å²) in [6.07, 6.45) is 2.76. The van der Waals surface area contributed by atoms with Crippen molar-refractivity contribution in [3.8, 4) is 10.4 Å². The summed E-state index contributed by atoms with van der Waals surface area (Å²) >= 11 is 1.73. The van der Waals surface area contributed by atoms with Gasteiger partial charge in [0, 0.05) is 34.5 Å². The molecule has 0 radical (unpaired) electrons. The molecule has 6 nitrogen and oxygen atoms in total. The number of hydrogen-bond donors (Lipinski definition) is 1. The van der Waals surface area contributed by atoms with Crippen LogP contribution in [0.1, 0.15) is 57.4 Å². The van der Waals surface area contributed by atoms with Crippen LogP contribution in [-0.2, 0) is 10.8 Å². The molecule has 1 saturated heterocycles. The van der Waals surface area contributed by atoms with Gasteiger partial charge in [0.05, 0.1) is 11.8 Å². The molecule has 0 aliphatic carbocycles. The average Bonchev–Trinajstić information content (AvgIpc) is 3.45. The molecule has 0 spiro atoms. The maximum absolute atomic E-state index is 11.2. The highest BCUT2D eigenvalue weighted by Gasteiger charge is 2.34. The molecule has 0 bridgehead atoms. The lowest BCUT2D eigenvalue weighted by atomic mass is 9.82. The van der Waals surface area contributed by atoms with E-state index in [0.29, 0.717) is 19.0 Å². The summed E-state index contributed by atoms with van der Waals surface area (Å²) in [4.78, 5) is 13.9. The van der Waals surface area contributed by atoms with Gasteiger partial charge in [-0.05, 0) is 67.6 Å². The molecular weight excluding hydrogens is 464 g/mol. The van der Waals surface area contributed by atoms with Crippen LogP contribution in [0.5, 0.6) is 0 Å². The second-order valence-electron chi connectivity index (χ2n) is 10.7. The number of carbonyl (C=O) groups is 1. The fourth-order valence-corrected chi connectivity index (χ4v) is 6.75. The van der Waals surface area contributed by atoms with Crippen molar-refractivity contribution < 1.29 is 18.9 Å². The quantitative estimate of drug-likeness (QED) is 0.355. The molecule has 1 unspecified atom stereocenters. The summed E-state index contributed by atoms with van der Waals surface area (Å²) in [5, 5.41) is 16.9. The van der Waals surface area contributed by atoms with Gasteiger partial charge in [0.1, 0.15) is 0 Å². The maximum atomic E-state index is 11.2. The van der Waals surface area contributed by atoms with E-state index in [-0.39, 0.29) is 11.5 Å². The van der Waals surface area contributed by atoms with Gasteiger partial charge in [0.25, 0.3) is 0 Å². The Morgan fingerprint density at radius 3 is 2.62 bits per heavy atom. The minimum absolute atomic E-state index is 0.0823. The molecule has 0 saturated carbocycles. The van der Waals surface area contributed by atoms with Crippen molar-refractivity contribution in [1.82, 2.24) is 10.1 Å². The van der Waals surface area contributed by atoms with Gasteiger partial charge in [-0.3, -0.25) is 0 Å². The van der Waals surface area contributed by atoms with Gasteiger partial charge in [-0.1, -0.05) is 38.1 Å². The van der Waals surface area contributed by atoms with Gasteiger partial charge in [-0.15, -0.1) is 11.3 Å². The topological polar surface area (TPSA) is 75.8 Å². The number of benzene rings is 1. The minimum Gasteiger partial charge on any atom is -0.465 e. The number of aryl methyl sites for hydroxylation is 1. The number of rotatable bonds is 7. The van der Waals surface area contributed by atoms with E-state index in [1.165, 1.54) is 15.3 Å². The zero-order valence-electron chi connectivity index (χ0n) is 20.8. The molecule has 8 heteroatoms. The lowest BCUT2D eigenvalue weighted by molar-refractivity contribution is 0.0872. The van der Waals surface area contributed by atoms with Gasteiger partial charge in [0.15, 0.2) is 14.6 Å². The molecule has 3 heterocycles. The summed E-state index contributed by atoms with van der Waals surface area (Å²) in [6, 6.07) is 8.60. The highest BCUT2D eigenvalue weighted by molar-refractivity contribution is 7.13. The van der Waals surface area contributed by atoms with Gasteiger partial charge in [-0.2, -0.15) is 0 Å². The molecule has 1 aromatic carbocycles. The van der Waals surface area contributed by atoms with Crippen molar-refractivity contribution in [2.75, 3.05) is 13.1 Å². The first-order chi connectivity index (χ1) is 16.1. The number of amides is 1. The zero-order chi connectivity index (χ0) is 24.5. The number of thiophene rings is 1. The summed E-state index contributed by atoms with van der Waals surface area (Å²) < 4.78 is 12.7. The van der Waals surface area contributed by atoms with E-state index < -0.39 is 15.1 Å². The lowest BCUT2D eigenvalue weighted by Crippen LogP contribution is -2.37. The monoisotopic (exact) mass is 500 g/mol. The third-order valence-electron chi connectivity index (χ3n) is 6.67. The van der Waals surface area contributed by atoms with Crippen molar-refractivity contribution in [1.29, 1.82) is 0 Å². The van der Waals surface area contributed by atoms with Crippen molar-refractivity contribution in [2.45, 2.75) is 65.7 Å². The summed E-state index contributed by atoms with van der Waals surface area (Å²) in [5.41, 5.74) is 4.02.